The summed E-state index contributed by atoms with van der Waals surface area (Å²) >= 11 is 0. The molecule has 6 nitrogen and oxygen atoms in total. The van der Waals surface area contributed by atoms with Gasteiger partial charge >= 0.3 is 0 Å². The molecule has 0 unspecified atom stereocenters. The molecule has 0 spiro atoms. The highest BCUT2D eigenvalue weighted by Crippen LogP contribution is 2.35. The molecule has 7 heteroatoms. The van der Waals surface area contributed by atoms with Gasteiger partial charge in [-0.2, -0.15) is 0 Å². The molecule has 0 fully saturated rings. The first-order valence-electron chi connectivity index (χ1n) is 10.00. The summed E-state index contributed by atoms with van der Waals surface area (Å²) in [5.41, 5.74) is 5.73. The normalized spacial score (nSPS) is 21.3. The molecule has 3 aromatic rings. The van der Waals surface area contributed by atoms with Crippen molar-refractivity contribution in [3.8, 4) is 5.75 Å². The number of hydrogen-bond acceptors (Lipinski definition) is 5. The molecule has 2 aliphatic heterocycles. The summed E-state index contributed by atoms with van der Waals surface area (Å²) in [5.74, 6) is 1.04. The quantitative estimate of drug-likeness (QED) is 0.700. The highest BCUT2D eigenvalue weighted by molar-refractivity contribution is 7.91. The van der Waals surface area contributed by atoms with Gasteiger partial charge in [0.05, 0.1) is 40.2 Å². The summed E-state index contributed by atoms with van der Waals surface area (Å²) in [6.45, 7) is 4.46. The lowest BCUT2D eigenvalue weighted by molar-refractivity contribution is 0.0920. The molecule has 0 saturated carbocycles. The Labute approximate surface area is 170 Å². The van der Waals surface area contributed by atoms with Crippen LogP contribution in [-0.4, -0.2) is 41.5 Å². The summed E-state index contributed by atoms with van der Waals surface area (Å²) < 4.78 is 32.8. The Balaban J connectivity index is 1.62. The van der Waals surface area contributed by atoms with Crippen molar-refractivity contribution < 1.29 is 18.3 Å². The molecule has 3 heterocycles. The van der Waals surface area contributed by atoms with Crippen molar-refractivity contribution in [3.63, 3.8) is 0 Å². The molecule has 29 heavy (non-hydrogen) atoms. The predicted octanol–water partition coefficient (Wildman–Crippen LogP) is 2.97. The van der Waals surface area contributed by atoms with Gasteiger partial charge in [0.1, 0.15) is 12.4 Å². The molecule has 2 aliphatic rings. The second kappa shape index (κ2) is 6.57. The van der Waals surface area contributed by atoms with Gasteiger partial charge in [0, 0.05) is 6.42 Å². The molecule has 1 aromatic heterocycles. The average molecular weight is 413 g/mol. The Morgan fingerprint density at radius 3 is 2.90 bits per heavy atom. The van der Waals surface area contributed by atoms with Gasteiger partial charge in [-0.25, -0.2) is 13.4 Å². The third kappa shape index (κ3) is 3.04. The number of fused-ring (bicyclic) bond motifs is 3. The van der Waals surface area contributed by atoms with Crippen LogP contribution in [0.3, 0.4) is 0 Å². The number of aryl methyl sites for hydroxylation is 2. The van der Waals surface area contributed by atoms with Crippen molar-refractivity contribution in [1.82, 2.24) is 9.55 Å². The number of nitrogens with zero attached hydrogens (tertiary/aromatic N) is 2. The fourth-order valence-electron chi connectivity index (χ4n) is 4.59. The van der Waals surface area contributed by atoms with Crippen LogP contribution in [0, 0.1) is 6.92 Å². The number of aliphatic hydroxyl groups is 1. The van der Waals surface area contributed by atoms with Crippen LogP contribution < -0.4 is 4.74 Å². The van der Waals surface area contributed by atoms with E-state index in [0.29, 0.717) is 24.3 Å². The van der Waals surface area contributed by atoms with Gasteiger partial charge in [-0.3, -0.25) is 0 Å². The number of imidazole rings is 1. The maximum absolute atomic E-state index is 12.6. The number of benzene rings is 2. The Morgan fingerprint density at radius 2 is 2.07 bits per heavy atom. The van der Waals surface area contributed by atoms with E-state index < -0.39 is 15.9 Å². The van der Waals surface area contributed by atoms with Crippen LogP contribution in [0.5, 0.6) is 5.75 Å². The van der Waals surface area contributed by atoms with Crippen LogP contribution in [-0.2, 0) is 22.7 Å². The number of ether oxygens (including phenoxy) is 1. The average Bonchev–Trinajstić information content (AvgIpc) is 3.09. The smallest absolute Gasteiger partial charge is 0.178 e. The molecule has 152 valence electrons. The molecule has 0 aliphatic carbocycles. The minimum Gasteiger partial charge on any atom is -0.491 e. The van der Waals surface area contributed by atoms with Crippen LogP contribution in [0.2, 0.25) is 0 Å². The Hall–Kier alpha value is -2.38. The second-order valence-corrected chi connectivity index (χ2v) is 10.3. The molecule has 0 radical (unpaired) electrons. The van der Waals surface area contributed by atoms with E-state index in [0.717, 1.165) is 45.5 Å². The van der Waals surface area contributed by atoms with Gasteiger partial charge in [0.15, 0.2) is 9.84 Å². The highest BCUT2D eigenvalue weighted by atomic mass is 32.2. The zero-order chi connectivity index (χ0) is 20.3. The van der Waals surface area contributed by atoms with Gasteiger partial charge in [0.25, 0.3) is 0 Å². The van der Waals surface area contributed by atoms with Crippen molar-refractivity contribution >= 4 is 20.9 Å². The topological polar surface area (TPSA) is 81.4 Å². The summed E-state index contributed by atoms with van der Waals surface area (Å²) in [6.07, 6.45) is 3.32. The van der Waals surface area contributed by atoms with Gasteiger partial charge < -0.3 is 14.4 Å². The molecule has 5 rings (SSSR count). The maximum atomic E-state index is 12.6. The molecule has 1 N–H and O–H groups in total. The van der Waals surface area contributed by atoms with E-state index in [1.54, 1.807) is 12.4 Å². The third-order valence-corrected chi connectivity index (χ3v) is 8.03. The molecule has 2 atom stereocenters. The van der Waals surface area contributed by atoms with Gasteiger partial charge in [-0.15, -0.1) is 0 Å². The SMILES string of the molecule is Cc1cc2c(cc1[C@@H](C)n1cnc3cc4c(cc31)S(=O)(=O)CCC4)C[C@@H](O)CO2. The fraction of sp³-hybridized carbons (Fsp3) is 0.409. The number of sulfone groups is 1. The van der Waals surface area contributed by atoms with Gasteiger partial charge in [-0.1, -0.05) is 0 Å². The van der Waals surface area contributed by atoms with Crippen LogP contribution >= 0.6 is 0 Å². The third-order valence-electron chi connectivity index (χ3n) is 6.15. The van der Waals surface area contributed by atoms with Crippen molar-refractivity contribution in [2.75, 3.05) is 12.4 Å². The van der Waals surface area contributed by atoms with E-state index in [-0.39, 0.29) is 11.8 Å². The van der Waals surface area contributed by atoms with Crippen molar-refractivity contribution in [3.05, 3.63) is 52.8 Å². The second-order valence-electron chi connectivity index (χ2n) is 8.18. The first-order valence-corrected chi connectivity index (χ1v) is 11.7. The van der Waals surface area contributed by atoms with Crippen LogP contribution in [0.4, 0.5) is 0 Å². The number of aromatic nitrogens is 2. The van der Waals surface area contributed by atoms with E-state index >= 15 is 0 Å². The molecular formula is C22H24N2O4S. The lowest BCUT2D eigenvalue weighted by atomic mass is 9.94. The largest absolute Gasteiger partial charge is 0.491 e. The van der Waals surface area contributed by atoms with Crippen molar-refractivity contribution in [2.45, 2.75) is 50.2 Å². The van der Waals surface area contributed by atoms with E-state index in [1.165, 1.54) is 0 Å². The number of hydrogen-bond donors (Lipinski definition) is 1. The van der Waals surface area contributed by atoms with E-state index in [1.807, 2.05) is 23.6 Å². The number of aliphatic hydroxyl groups excluding tert-OH is 1. The molecule has 2 aromatic carbocycles. The highest BCUT2D eigenvalue weighted by Gasteiger charge is 2.26. The number of rotatable bonds is 2. The summed E-state index contributed by atoms with van der Waals surface area (Å²) in [5, 5.41) is 9.94. The predicted molar refractivity (Wildman–Crippen MR) is 110 cm³/mol. The first kappa shape index (κ1) is 18.6. The fourth-order valence-corrected chi connectivity index (χ4v) is 6.19. The zero-order valence-corrected chi connectivity index (χ0v) is 17.4. The standard InChI is InChI=1S/C22H24N2O4S/c1-13-6-21-16(7-17(25)11-28-21)8-18(13)14(2)24-12-23-19-9-15-4-3-5-29(26,27)22(15)10-20(19)24/h6,8-10,12,14,17,25H,3-5,7,11H2,1-2H3/t14-,17-/m1/s1. The Morgan fingerprint density at radius 1 is 1.24 bits per heavy atom. The lowest BCUT2D eigenvalue weighted by Crippen LogP contribution is -2.26. The van der Waals surface area contributed by atoms with E-state index in [9.17, 15) is 13.5 Å². The van der Waals surface area contributed by atoms with Crippen LogP contribution in [0.25, 0.3) is 11.0 Å². The maximum Gasteiger partial charge on any atom is 0.178 e. The molecule has 0 amide bonds. The minimum atomic E-state index is -3.23. The minimum absolute atomic E-state index is 0.0336. The Bertz CT molecular complexity index is 1230. The van der Waals surface area contributed by atoms with Gasteiger partial charge in [0.2, 0.25) is 0 Å². The summed E-state index contributed by atoms with van der Waals surface area (Å²) in [7, 11) is -3.23. The summed E-state index contributed by atoms with van der Waals surface area (Å²) in [4.78, 5) is 5.00. The van der Waals surface area contributed by atoms with Crippen molar-refractivity contribution in [2.24, 2.45) is 0 Å². The summed E-state index contributed by atoms with van der Waals surface area (Å²) in [6, 6.07) is 7.81. The zero-order valence-electron chi connectivity index (χ0n) is 16.6. The monoisotopic (exact) mass is 412 g/mol. The van der Waals surface area contributed by atoms with Crippen LogP contribution in [0.15, 0.2) is 35.5 Å². The van der Waals surface area contributed by atoms with E-state index in [2.05, 4.69) is 18.0 Å². The van der Waals surface area contributed by atoms with E-state index in [4.69, 9.17) is 4.74 Å². The Kier molecular flexibility index (Phi) is 4.22. The van der Waals surface area contributed by atoms with Crippen LogP contribution in [0.1, 0.15) is 41.6 Å². The first-order chi connectivity index (χ1) is 13.8. The molecule has 0 bridgehead atoms. The van der Waals surface area contributed by atoms with Crippen molar-refractivity contribution in [1.29, 1.82) is 0 Å². The van der Waals surface area contributed by atoms with Gasteiger partial charge in [-0.05, 0) is 73.2 Å². The molecular weight excluding hydrogens is 388 g/mol. The lowest BCUT2D eigenvalue weighted by Gasteiger charge is -2.25. The molecule has 0 saturated heterocycles.